The summed E-state index contributed by atoms with van der Waals surface area (Å²) >= 11 is 3.38. The van der Waals surface area contributed by atoms with Gasteiger partial charge in [-0.3, -0.25) is 0 Å². The quantitative estimate of drug-likeness (QED) is 0.881. The highest BCUT2D eigenvalue weighted by atomic mass is 79.9. The van der Waals surface area contributed by atoms with Crippen LogP contribution in [0.4, 0.5) is 11.8 Å². The van der Waals surface area contributed by atoms with Gasteiger partial charge in [0.15, 0.2) is 0 Å². The highest BCUT2D eigenvalue weighted by Gasteiger charge is 2.15. The number of nitrogens with two attached hydrogens (primary N) is 1. The van der Waals surface area contributed by atoms with E-state index in [4.69, 9.17) is 10.5 Å². The van der Waals surface area contributed by atoms with E-state index in [1.807, 2.05) is 0 Å². The molecular weight excluding hydrogens is 272 g/mol. The lowest BCUT2D eigenvalue weighted by atomic mass is 10.1. The van der Waals surface area contributed by atoms with Gasteiger partial charge in [0.1, 0.15) is 5.82 Å². The molecule has 1 unspecified atom stereocenters. The van der Waals surface area contributed by atoms with Crippen molar-refractivity contribution >= 4 is 27.7 Å². The van der Waals surface area contributed by atoms with Gasteiger partial charge in [0.25, 0.3) is 0 Å². The molecule has 0 bridgehead atoms. The molecule has 1 aromatic heterocycles. The fourth-order valence-corrected chi connectivity index (χ4v) is 2.04. The molecule has 2 rings (SSSR count). The first-order valence-electron chi connectivity index (χ1n) is 5.35. The van der Waals surface area contributed by atoms with Crippen molar-refractivity contribution in [3.05, 3.63) is 10.7 Å². The average Bonchev–Trinajstić information content (AvgIpc) is 2.76. The molecule has 1 aliphatic heterocycles. The summed E-state index contributed by atoms with van der Waals surface area (Å²) in [6.45, 7) is 2.66. The average molecular weight is 287 g/mol. The molecule has 3 N–H and O–H groups in total. The third-order valence-electron chi connectivity index (χ3n) is 2.63. The minimum absolute atomic E-state index is 0.287. The Balaban J connectivity index is 1.82. The van der Waals surface area contributed by atoms with Crippen LogP contribution in [-0.2, 0) is 4.74 Å². The second-order valence-corrected chi connectivity index (χ2v) is 4.72. The summed E-state index contributed by atoms with van der Waals surface area (Å²) in [7, 11) is 0. The summed E-state index contributed by atoms with van der Waals surface area (Å²) in [6, 6.07) is 0. The molecule has 2 heterocycles. The van der Waals surface area contributed by atoms with Crippen molar-refractivity contribution in [1.29, 1.82) is 0 Å². The van der Waals surface area contributed by atoms with Crippen LogP contribution in [0.5, 0.6) is 0 Å². The summed E-state index contributed by atoms with van der Waals surface area (Å²) in [5, 5.41) is 3.25. The Bertz CT molecular complexity index is 355. The van der Waals surface area contributed by atoms with Crippen molar-refractivity contribution in [2.24, 2.45) is 5.92 Å². The number of hydrogen-bond donors (Lipinski definition) is 2. The Morgan fingerprint density at radius 2 is 2.50 bits per heavy atom. The number of nitrogen functional groups attached to an aromatic ring is 1. The maximum absolute atomic E-state index is 5.52. The van der Waals surface area contributed by atoms with Crippen LogP contribution in [0.15, 0.2) is 10.7 Å². The largest absolute Gasteiger partial charge is 0.381 e. The molecule has 88 valence electrons. The van der Waals surface area contributed by atoms with Gasteiger partial charge in [0, 0.05) is 26.0 Å². The molecule has 0 aliphatic carbocycles. The first kappa shape index (κ1) is 11.6. The third kappa shape index (κ3) is 3.05. The molecule has 0 spiro atoms. The van der Waals surface area contributed by atoms with Gasteiger partial charge in [0.2, 0.25) is 5.95 Å². The van der Waals surface area contributed by atoms with Crippen molar-refractivity contribution in [2.75, 3.05) is 30.8 Å². The maximum Gasteiger partial charge on any atom is 0.221 e. The second kappa shape index (κ2) is 5.45. The maximum atomic E-state index is 5.52. The van der Waals surface area contributed by atoms with E-state index >= 15 is 0 Å². The molecule has 1 saturated heterocycles. The van der Waals surface area contributed by atoms with Gasteiger partial charge in [-0.05, 0) is 34.7 Å². The van der Waals surface area contributed by atoms with Crippen LogP contribution in [-0.4, -0.2) is 29.7 Å². The van der Waals surface area contributed by atoms with E-state index in [1.165, 1.54) is 0 Å². The lowest BCUT2D eigenvalue weighted by molar-refractivity contribution is 0.185. The Kier molecular flexibility index (Phi) is 3.95. The van der Waals surface area contributed by atoms with Crippen LogP contribution in [0.25, 0.3) is 0 Å². The molecule has 0 aromatic carbocycles. The van der Waals surface area contributed by atoms with Gasteiger partial charge in [-0.1, -0.05) is 0 Å². The summed E-state index contributed by atoms with van der Waals surface area (Å²) in [5.74, 6) is 1.71. The zero-order valence-corrected chi connectivity index (χ0v) is 10.5. The number of anilines is 2. The van der Waals surface area contributed by atoms with E-state index in [0.29, 0.717) is 5.92 Å². The summed E-state index contributed by atoms with van der Waals surface area (Å²) in [4.78, 5) is 8.00. The lowest BCUT2D eigenvalue weighted by Gasteiger charge is -2.10. The number of nitrogens with one attached hydrogen (secondary N) is 1. The van der Waals surface area contributed by atoms with Gasteiger partial charge in [0.05, 0.1) is 4.47 Å². The van der Waals surface area contributed by atoms with E-state index in [-0.39, 0.29) is 5.95 Å². The van der Waals surface area contributed by atoms with Gasteiger partial charge >= 0.3 is 0 Å². The predicted molar refractivity (Wildman–Crippen MR) is 66.2 cm³/mol. The number of hydrogen-bond acceptors (Lipinski definition) is 5. The van der Waals surface area contributed by atoms with Crippen molar-refractivity contribution in [1.82, 2.24) is 9.97 Å². The highest BCUT2D eigenvalue weighted by Crippen LogP contribution is 2.20. The minimum Gasteiger partial charge on any atom is -0.381 e. The molecule has 0 amide bonds. The standard InChI is InChI=1S/C10H15BrN4O/c11-8-5-14-10(12)15-9(8)13-3-1-7-2-4-16-6-7/h5,7H,1-4,6H2,(H3,12,13,14,15). The summed E-state index contributed by atoms with van der Waals surface area (Å²) in [6.07, 6.45) is 3.91. The first-order chi connectivity index (χ1) is 7.75. The van der Waals surface area contributed by atoms with Crippen molar-refractivity contribution in [2.45, 2.75) is 12.8 Å². The highest BCUT2D eigenvalue weighted by molar-refractivity contribution is 9.10. The first-order valence-corrected chi connectivity index (χ1v) is 6.14. The van der Waals surface area contributed by atoms with Crippen LogP contribution in [0.2, 0.25) is 0 Å². The number of halogens is 1. The normalized spacial score (nSPS) is 19.9. The lowest BCUT2D eigenvalue weighted by Crippen LogP contribution is -2.11. The smallest absolute Gasteiger partial charge is 0.221 e. The molecular formula is C10H15BrN4O. The molecule has 0 saturated carbocycles. The van der Waals surface area contributed by atoms with Crippen molar-refractivity contribution < 1.29 is 4.74 Å². The van der Waals surface area contributed by atoms with Crippen LogP contribution < -0.4 is 11.1 Å². The fraction of sp³-hybridized carbons (Fsp3) is 0.600. The Hall–Kier alpha value is -0.880. The van der Waals surface area contributed by atoms with Crippen molar-refractivity contribution in [3.63, 3.8) is 0 Å². The number of aromatic nitrogens is 2. The van der Waals surface area contributed by atoms with Crippen molar-refractivity contribution in [3.8, 4) is 0 Å². The topological polar surface area (TPSA) is 73.1 Å². The van der Waals surface area contributed by atoms with Crippen LogP contribution in [0, 0.1) is 5.92 Å². The minimum atomic E-state index is 0.287. The van der Waals surface area contributed by atoms with E-state index in [0.717, 1.165) is 42.9 Å². The molecule has 1 fully saturated rings. The molecule has 1 aromatic rings. The van der Waals surface area contributed by atoms with Crippen LogP contribution in [0.3, 0.4) is 0 Å². The summed E-state index contributed by atoms with van der Waals surface area (Å²) < 4.78 is 6.16. The van der Waals surface area contributed by atoms with Gasteiger partial charge in [-0.2, -0.15) is 4.98 Å². The van der Waals surface area contributed by atoms with Crippen LogP contribution in [0.1, 0.15) is 12.8 Å². The van der Waals surface area contributed by atoms with Gasteiger partial charge in [-0.25, -0.2) is 4.98 Å². The number of ether oxygens (including phenoxy) is 1. The Morgan fingerprint density at radius 3 is 3.25 bits per heavy atom. The zero-order valence-electron chi connectivity index (χ0n) is 8.95. The van der Waals surface area contributed by atoms with E-state index in [9.17, 15) is 0 Å². The molecule has 1 aliphatic rings. The summed E-state index contributed by atoms with van der Waals surface area (Å²) in [5.41, 5.74) is 5.52. The SMILES string of the molecule is Nc1ncc(Br)c(NCCC2CCOC2)n1. The molecule has 5 nitrogen and oxygen atoms in total. The molecule has 16 heavy (non-hydrogen) atoms. The Labute approximate surface area is 103 Å². The number of nitrogens with zero attached hydrogens (tertiary/aromatic N) is 2. The monoisotopic (exact) mass is 286 g/mol. The zero-order chi connectivity index (χ0) is 11.4. The molecule has 1 atom stereocenters. The Morgan fingerprint density at radius 1 is 1.62 bits per heavy atom. The fourth-order valence-electron chi connectivity index (χ4n) is 1.71. The van der Waals surface area contributed by atoms with Crippen LogP contribution >= 0.6 is 15.9 Å². The predicted octanol–water partition coefficient (Wildman–Crippen LogP) is 1.66. The molecule has 6 heteroatoms. The van der Waals surface area contributed by atoms with E-state index in [2.05, 4.69) is 31.2 Å². The van der Waals surface area contributed by atoms with E-state index in [1.54, 1.807) is 6.20 Å². The second-order valence-electron chi connectivity index (χ2n) is 3.87. The molecule has 0 radical (unpaired) electrons. The van der Waals surface area contributed by atoms with E-state index < -0.39 is 0 Å². The van der Waals surface area contributed by atoms with Gasteiger partial charge in [-0.15, -0.1) is 0 Å². The van der Waals surface area contributed by atoms with Gasteiger partial charge < -0.3 is 15.8 Å². The number of rotatable bonds is 4. The third-order valence-corrected chi connectivity index (χ3v) is 3.21.